The molecule has 1 aromatic carbocycles. The minimum atomic E-state index is 0.345. The molecule has 1 fully saturated rings. The van der Waals surface area contributed by atoms with Gasteiger partial charge in [-0.1, -0.05) is 177 Å². The van der Waals surface area contributed by atoms with Gasteiger partial charge in [-0.25, -0.2) is 0 Å². The van der Waals surface area contributed by atoms with Gasteiger partial charge in [0.05, 0.1) is 0 Å². The predicted octanol–water partition coefficient (Wildman–Crippen LogP) is 16.4. The maximum absolute atomic E-state index is 4.33. The topological polar surface area (TPSA) is 42.6 Å². The van der Waals surface area contributed by atoms with Crippen molar-refractivity contribution in [2.75, 3.05) is 40.3 Å². The summed E-state index contributed by atoms with van der Waals surface area (Å²) in [5, 5.41) is 9.91. The number of hydrogen-bond donors (Lipinski definition) is 3. The van der Waals surface area contributed by atoms with Crippen LogP contribution in [-0.4, -0.2) is 62.2 Å². The van der Waals surface area contributed by atoms with Crippen LogP contribution in [0, 0.1) is 23.2 Å². The van der Waals surface area contributed by atoms with Crippen LogP contribution in [-0.2, 0) is 13.0 Å². The van der Waals surface area contributed by atoms with Crippen molar-refractivity contribution in [3.05, 3.63) is 137 Å². The SMILES string of the molecule is C=C.C=C.C=C(C)N1CCc2ccccc2C1.C=C(NC(CCC)C(=C)C1CC1)C(CC)CCCC.C=CC.C=CCNC=C.CC(C)C.CCC.CCN(C)CC(NC)C(C)(C)C. The second-order valence-electron chi connectivity index (χ2n) is 18.1. The van der Waals surface area contributed by atoms with Gasteiger partial charge in [-0.3, -0.25) is 0 Å². The molecule has 3 unspecified atom stereocenters. The highest BCUT2D eigenvalue weighted by Gasteiger charge is 2.29. The molecule has 3 rings (SSSR count). The molecule has 0 radical (unpaired) electrons. The highest BCUT2D eigenvalue weighted by atomic mass is 15.1. The van der Waals surface area contributed by atoms with E-state index in [1.165, 1.54) is 85.9 Å². The van der Waals surface area contributed by atoms with Crippen molar-refractivity contribution in [2.45, 2.75) is 180 Å². The zero-order chi connectivity index (χ0) is 51.1. The molecular weight excluding hydrogens is 779 g/mol. The number of unbranched alkanes of at least 4 members (excludes halogenated alkanes) is 1. The molecule has 3 N–H and O–H groups in total. The Bertz CT molecular complexity index is 1220. The van der Waals surface area contributed by atoms with Gasteiger partial charge < -0.3 is 25.8 Å². The van der Waals surface area contributed by atoms with Gasteiger partial charge in [0, 0.05) is 49.7 Å². The van der Waals surface area contributed by atoms with Crippen molar-refractivity contribution in [1.82, 2.24) is 25.8 Å². The van der Waals surface area contributed by atoms with Gasteiger partial charge in [0.1, 0.15) is 0 Å². The average Bonchev–Trinajstić information content (AvgIpc) is 4.12. The van der Waals surface area contributed by atoms with E-state index in [-0.39, 0.29) is 0 Å². The van der Waals surface area contributed by atoms with E-state index in [1.807, 2.05) is 14.0 Å². The number of nitrogens with zero attached hydrogens (tertiary/aromatic N) is 2. The van der Waals surface area contributed by atoms with Crippen molar-refractivity contribution in [2.24, 2.45) is 23.2 Å². The minimum Gasteiger partial charge on any atom is -0.388 e. The van der Waals surface area contributed by atoms with E-state index < -0.39 is 0 Å². The first-order valence-electron chi connectivity index (χ1n) is 24.8. The van der Waals surface area contributed by atoms with Crippen molar-refractivity contribution >= 4 is 0 Å². The number of hydrogen-bond acceptors (Lipinski definition) is 5. The molecule has 1 heterocycles. The molecule has 0 amide bonds. The Morgan fingerprint density at radius 2 is 1.38 bits per heavy atom. The molecule has 5 nitrogen and oxygen atoms in total. The highest BCUT2D eigenvalue weighted by molar-refractivity contribution is 5.29. The molecule has 0 saturated heterocycles. The van der Waals surface area contributed by atoms with Gasteiger partial charge in [-0.2, -0.15) is 0 Å². The minimum absolute atomic E-state index is 0.345. The van der Waals surface area contributed by atoms with Gasteiger partial charge in [0.25, 0.3) is 0 Å². The lowest BCUT2D eigenvalue weighted by Crippen LogP contribution is -2.46. The monoisotopic (exact) mass is 892 g/mol. The van der Waals surface area contributed by atoms with Gasteiger partial charge >= 0.3 is 0 Å². The second-order valence-corrected chi connectivity index (χ2v) is 18.1. The number of fused-ring (bicyclic) bond motifs is 1. The Morgan fingerprint density at radius 3 is 1.72 bits per heavy atom. The molecule has 1 saturated carbocycles. The van der Waals surface area contributed by atoms with Gasteiger partial charge in [-0.15, -0.1) is 39.5 Å². The van der Waals surface area contributed by atoms with Crippen LogP contribution in [0.5, 0.6) is 0 Å². The molecule has 2 aliphatic rings. The standard InChI is InChI=1S/C18H33N.C12H15N.C10H24N2.C5H9N.C4H10.C3H8.C3H6.2C2H4/c1-6-9-11-16(8-3)15(5)19-18(10-7-2)14(4)17-12-13-17;1-10(2)13-8-7-11-5-3-4-6-12(11)9-13;1-7-12(6)8-9(11-5)10(2,3)4;1-3-5-6-4-2;1-4(2)3;2*1-3-2;2*1-2/h16-19H,4-13H2,1-3H3;3-6H,1,7-9H2,2H3;9,11H,7-8H2,1-6H3;3-4,6H,1-2,5H2;4H,1-3H3;3H2,1-2H3;3H,1H2,2H3;2*1-2H2. The first-order valence-corrected chi connectivity index (χ1v) is 24.8. The Kier molecular flexibility index (Phi) is 56.8. The average molecular weight is 893 g/mol. The van der Waals surface area contributed by atoms with Crippen LogP contribution >= 0.6 is 0 Å². The predicted molar refractivity (Wildman–Crippen MR) is 300 cm³/mol. The third kappa shape index (κ3) is 45.0. The number of benzene rings is 1. The smallest absolute Gasteiger partial charge is 0.0470 e. The van der Waals surface area contributed by atoms with E-state index in [9.17, 15) is 0 Å². The first-order chi connectivity index (χ1) is 30.3. The lowest BCUT2D eigenvalue weighted by Gasteiger charge is -2.33. The molecule has 0 spiro atoms. The largest absolute Gasteiger partial charge is 0.388 e. The van der Waals surface area contributed by atoms with Crippen molar-refractivity contribution in [3.8, 4) is 0 Å². The quantitative estimate of drug-likeness (QED) is 0.0954. The lowest BCUT2D eigenvalue weighted by atomic mass is 9.86. The third-order valence-corrected chi connectivity index (χ3v) is 9.88. The third-order valence-electron chi connectivity index (χ3n) is 9.88. The molecule has 0 aromatic heterocycles. The summed E-state index contributed by atoms with van der Waals surface area (Å²) in [7, 11) is 4.20. The zero-order valence-corrected chi connectivity index (χ0v) is 46.0. The summed E-state index contributed by atoms with van der Waals surface area (Å²) in [6.07, 6.45) is 17.7. The Morgan fingerprint density at radius 1 is 0.875 bits per heavy atom. The molecule has 0 bridgehead atoms. The fourth-order valence-corrected chi connectivity index (χ4v) is 6.02. The summed E-state index contributed by atoms with van der Waals surface area (Å²) in [4.78, 5) is 4.68. The molecule has 1 aliphatic carbocycles. The van der Waals surface area contributed by atoms with Crippen molar-refractivity contribution in [3.63, 3.8) is 0 Å². The van der Waals surface area contributed by atoms with E-state index in [4.69, 9.17) is 0 Å². The second kappa shape index (κ2) is 50.5. The van der Waals surface area contributed by atoms with Crippen LogP contribution in [0.15, 0.2) is 125 Å². The molecular formula is C59H113N5. The van der Waals surface area contributed by atoms with Crippen LogP contribution in [0.2, 0.25) is 0 Å². The number of allylic oxidation sites excluding steroid dienone is 3. The van der Waals surface area contributed by atoms with E-state index in [0.717, 1.165) is 51.0 Å². The summed E-state index contributed by atoms with van der Waals surface area (Å²) in [6.45, 7) is 70.6. The Hall–Kier alpha value is -3.54. The fraction of sp³-hybridized carbons (Fsp3) is 0.627. The van der Waals surface area contributed by atoms with E-state index in [0.29, 0.717) is 23.4 Å². The van der Waals surface area contributed by atoms with E-state index in [2.05, 4.69) is 213 Å². The van der Waals surface area contributed by atoms with Crippen LogP contribution in [0.4, 0.5) is 0 Å². The fourth-order valence-electron chi connectivity index (χ4n) is 6.02. The number of rotatable bonds is 19. The van der Waals surface area contributed by atoms with Crippen LogP contribution in [0.25, 0.3) is 0 Å². The molecule has 5 heteroatoms. The Balaban J connectivity index is -0.000000166. The van der Waals surface area contributed by atoms with Crippen LogP contribution < -0.4 is 16.0 Å². The molecule has 64 heavy (non-hydrogen) atoms. The number of likely N-dealkylation sites (N-methyl/N-ethyl adjacent to an activating group) is 2. The van der Waals surface area contributed by atoms with Crippen LogP contribution in [0.1, 0.15) is 166 Å². The van der Waals surface area contributed by atoms with Crippen molar-refractivity contribution < 1.29 is 0 Å². The number of nitrogens with one attached hydrogen (secondary N) is 3. The van der Waals surface area contributed by atoms with Crippen LogP contribution in [0.3, 0.4) is 0 Å². The molecule has 374 valence electrons. The first kappa shape index (κ1) is 72.1. The zero-order valence-electron chi connectivity index (χ0n) is 46.0. The van der Waals surface area contributed by atoms with Gasteiger partial charge in [0.15, 0.2) is 0 Å². The normalized spacial score (nSPS) is 13.1. The summed E-state index contributed by atoms with van der Waals surface area (Å²) in [5.74, 6) is 2.25. The maximum atomic E-state index is 4.33. The molecule has 3 atom stereocenters. The van der Waals surface area contributed by atoms with Gasteiger partial charge in [0.2, 0.25) is 0 Å². The van der Waals surface area contributed by atoms with Gasteiger partial charge in [-0.05, 0) is 114 Å². The molecule has 1 aliphatic heterocycles. The van der Waals surface area contributed by atoms with Crippen molar-refractivity contribution in [1.29, 1.82) is 0 Å². The summed E-state index contributed by atoms with van der Waals surface area (Å²) >= 11 is 0. The van der Waals surface area contributed by atoms with E-state index in [1.54, 1.807) is 18.4 Å². The summed E-state index contributed by atoms with van der Waals surface area (Å²) < 4.78 is 0. The summed E-state index contributed by atoms with van der Waals surface area (Å²) in [6, 6.07) is 9.70. The molecule has 1 aromatic rings. The lowest BCUT2D eigenvalue weighted by molar-refractivity contribution is 0.207. The maximum Gasteiger partial charge on any atom is 0.0470 e. The van der Waals surface area contributed by atoms with E-state index >= 15 is 0 Å². The Labute approximate surface area is 403 Å². The summed E-state index contributed by atoms with van der Waals surface area (Å²) in [5.41, 5.74) is 7.15. The highest BCUT2D eigenvalue weighted by Crippen LogP contribution is 2.38.